The molecule has 3 N–H and O–H groups in total. The van der Waals surface area contributed by atoms with E-state index in [1.54, 1.807) is 11.3 Å². The van der Waals surface area contributed by atoms with Crippen LogP contribution in [-0.2, 0) is 6.54 Å². The van der Waals surface area contributed by atoms with Gasteiger partial charge in [0.05, 0.1) is 0 Å². The van der Waals surface area contributed by atoms with Gasteiger partial charge in [-0.05, 0) is 35.8 Å². The summed E-state index contributed by atoms with van der Waals surface area (Å²) in [5, 5.41) is 5.49. The molecule has 0 spiro atoms. The van der Waals surface area contributed by atoms with Gasteiger partial charge in [-0.1, -0.05) is 0 Å². The number of rotatable bonds is 4. The Morgan fingerprint density at radius 1 is 1.62 bits per heavy atom. The Labute approximate surface area is 91.7 Å². The van der Waals surface area contributed by atoms with E-state index in [0.29, 0.717) is 6.54 Å². The molecule has 1 heterocycles. The fourth-order valence-corrected chi connectivity index (χ4v) is 2.24. The second-order valence-corrected chi connectivity index (χ2v) is 5.58. The molecule has 0 aliphatic heterocycles. The van der Waals surface area contributed by atoms with Crippen LogP contribution in [0, 0.1) is 0 Å². The highest BCUT2D eigenvalue weighted by Gasteiger charge is 2.13. The van der Waals surface area contributed by atoms with Crippen molar-refractivity contribution in [3.05, 3.63) is 20.8 Å². The van der Waals surface area contributed by atoms with Crippen LogP contribution in [0.2, 0.25) is 0 Å². The highest BCUT2D eigenvalue weighted by Crippen LogP contribution is 2.19. The first-order valence-electron chi connectivity index (χ1n) is 4.21. The minimum Gasteiger partial charge on any atom is -0.329 e. The van der Waals surface area contributed by atoms with Crippen molar-refractivity contribution < 1.29 is 0 Å². The number of hydrogen-bond acceptors (Lipinski definition) is 3. The van der Waals surface area contributed by atoms with Crippen LogP contribution in [0.3, 0.4) is 0 Å². The molecule has 1 rings (SSSR count). The largest absolute Gasteiger partial charge is 0.329 e. The van der Waals surface area contributed by atoms with Gasteiger partial charge in [0.15, 0.2) is 0 Å². The lowest BCUT2D eigenvalue weighted by atomic mass is 10.1. The number of nitrogens with two attached hydrogens (primary N) is 1. The molecule has 0 unspecified atom stereocenters. The zero-order valence-electron chi connectivity index (χ0n) is 7.93. The molecule has 1 aromatic rings. The molecule has 0 aliphatic carbocycles. The molecule has 74 valence electrons. The maximum absolute atomic E-state index is 5.61. The lowest BCUT2D eigenvalue weighted by Crippen LogP contribution is -2.45. The van der Waals surface area contributed by atoms with E-state index in [1.807, 2.05) is 0 Å². The van der Waals surface area contributed by atoms with E-state index >= 15 is 0 Å². The summed E-state index contributed by atoms with van der Waals surface area (Å²) in [7, 11) is 0. The van der Waals surface area contributed by atoms with Crippen LogP contribution in [0.5, 0.6) is 0 Å². The van der Waals surface area contributed by atoms with Gasteiger partial charge in [0.25, 0.3) is 0 Å². The lowest BCUT2D eigenvalue weighted by Gasteiger charge is -2.23. The summed E-state index contributed by atoms with van der Waals surface area (Å²) in [5.74, 6) is 0. The van der Waals surface area contributed by atoms with Crippen molar-refractivity contribution in [1.29, 1.82) is 0 Å². The monoisotopic (exact) mass is 262 g/mol. The average molecular weight is 263 g/mol. The first kappa shape index (κ1) is 11.2. The van der Waals surface area contributed by atoms with Crippen LogP contribution in [0.15, 0.2) is 15.9 Å². The molecule has 0 bridgehead atoms. The number of thiophene rings is 1. The predicted octanol–water partition coefficient (Wildman–Crippen LogP) is 2.34. The summed E-state index contributed by atoms with van der Waals surface area (Å²) in [6.45, 7) is 5.76. The van der Waals surface area contributed by atoms with E-state index < -0.39 is 0 Å². The third kappa shape index (κ3) is 3.77. The Balaban J connectivity index is 2.43. The van der Waals surface area contributed by atoms with Crippen LogP contribution in [0.25, 0.3) is 0 Å². The SMILES string of the molecule is CC(C)(CN)NCc1cc(Br)cs1. The summed E-state index contributed by atoms with van der Waals surface area (Å²) in [6, 6.07) is 2.13. The van der Waals surface area contributed by atoms with Gasteiger partial charge in [-0.15, -0.1) is 11.3 Å². The van der Waals surface area contributed by atoms with E-state index in [4.69, 9.17) is 5.73 Å². The Morgan fingerprint density at radius 3 is 2.77 bits per heavy atom. The van der Waals surface area contributed by atoms with Crippen LogP contribution in [0.1, 0.15) is 18.7 Å². The second-order valence-electron chi connectivity index (χ2n) is 3.67. The highest BCUT2D eigenvalue weighted by atomic mass is 79.9. The van der Waals surface area contributed by atoms with Crippen molar-refractivity contribution in [1.82, 2.24) is 5.32 Å². The van der Waals surface area contributed by atoms with Gasteiger partial charge in [-0.2, -0.15) is 0 Å². The Kier molecular flexibility index (Phi) is 3.91. The van der Waals surface area contributed by atoms with E-state index in [2.05, 4.69) is 46.5 Å². The number of hydrogen-bond donors (Lipinski definition) is 2. The fourth-order valence-electron chi connectivity index (χ4n) is 0.845. The molecule has 4 heteroatoms. The van der Waals surface area contributed by atoms with Crippen molar-refractivity contribution in [3.63, 3.8) is 0 Å². The summed E-state index contributed by atoms with van der Waals surface area (Å²) >= 11 is 5.18. The zero-order chi connectivity index (χ0) is 9.90. The Bertz CT molecular complexity index is 270. The van der Waals surface area contributed by atoms with Crippen LogP contribution in [-0.4, -0.2) is 12.1 Å². The molecule has 2 nitrogen and oxygen atoms in total. The number of nitrogens with one attached hydrogen (secondary N) is 1. The van der Waals surface area contributed by atoms with Crippen molar-refractivity contribution in [2.24, 2.45) is 5.73 Å². The summed E-state index contributed by atoms with van der Waals surface area (Å²) in [6.07, 6.45) is 0. The molecule has 0 aliphatic rings. The second kappa shape index (κ2) is 4.55. The van der Waals surface area contributed by atoms with Gasteiger partial charge in [0.1, 0.15) is 0 Å². The first-order chi connectivity index (χ1) is 6.03. The van der Waals surface area contributed by atoms with E-state index in [0.717, 1.165) is 11.0 Å². The molecule has 0 saturated carbocycles. The molecule has 0 atom stereocenters. The average Bonchev–Trinajstić information content (AvgIpc) is 2.48. The number of halogens is 1. The van der Waals surface area contributed by atoms with Crippen molar-refractivity contribution in [2.75, 3.05) is 6.54 Å². The third-order valence-corrected chi connectivity index (χ3v) is 3.57. The molecule has 0 amide bonds. The van der Waals surface area contributed by atoms with Gasteiger partial charge in [0, 0.05) is 33.4 Å². The third-order valence-electron chi connectivity index (χ3n) is 1.87. The Hall–Kier alpha value is 0.1000. The fraction of sp³-hybridized carbons (Fsp3) is 0.556. The zero-order valence-corrected chi connectivity index (χ0v) is 10.3. The van der Waals surface area contributed by atoms with Crippen LogP contribution in [0.4, 0.5) is 0 Å². The molecule has 0 saturated heterocycles. The molecular weight excluding hydrogens is 248 g/mol. The Morgan fingerprint density at radius 2 is 2.31 bits per heavy atom. The van der Waals surface area contributed by atoms with Gasteiger partial charge >= 0.3 is 0 Å². The summed E-state index contributed by atoms with van der Waals surface area (Å²) in [5.41, 5.74) is 5.63. The van der Waals surface area contributed by atoms with Gasteiger partial charge in [-0.3, -0.25) is 0 Å². The van der Waals surface area contributed by atoms with Gasteiger partial charge in [0.2, 0.25) is 0 Å². The lowest BCUT2D eigenvalue weighted by molar-refractivity contribution is 0.398. The summed E-state index contributed by atoms with van der Waals surface area (Å²) < 4.78 is 1.15. The minimum atomic E-state index is 0.0243. The highest BCUT2D eigenvalue weighted by molar-refractivity contribution is 9.10. The molecule has 0 fully saturated rings. The quantitative estimate of drug-likeness (QED) is 0.875. The molecule has 1 aromatic heterocycles. The molecule has 0 aromatic carbocycles. The van der Waals surface area contributed by atoms with E-state index in [9.17, 15) is 0 Å². The van der Waals surface area contributed by atoms with Crippen molar-refractivity contribution in [3.8, 4) is 0 Å². The standard InChI is InChI=1S/C9H15BrN2S/c1-9(2,6-11)12-4-8-3-7(10)5-13-8/h3,5,12H,4,6,11H2,1-2H3. The first-order valence-corrected chi connectivity index (χ1v) is 5.89. The van der Waals surface area contributed by atoms with Gasteiger partial charge < -0.3 is 11.1 Å². The van der Waals surface area contributed by atoms with Gasteiger partial charge in [-0.25, -0.2) is 0 Å². The smallest absolute Gasteiger partial charge is 0.0305 e. The molecule has 13 heavy (non-hydrogen) atoms. The maximum Gasteiger partial charge on any atom is 0.0305 e. The predicted molar refractivity (Wildman–Crippen MR) is 62.0 cm³/mol. The summed E-state index contributed by atoms with van der Waals surface area (Å²) in [4.78, 5) is 1.33. The van der Waals surface area contributed by atoms with E-state index in [1.165, 1.54) is 4.88 Å². The molecule has 0 radical (unpaired) electrons. The minimum absolute atomic E-state index is 0.0243. The van der Waals surface area contributed by atoms with Crippen molar-refractivity contribution >= 4 is 27.3 Å². The van der Waals surface area contributed by atoms with Crippen LogP contribution < -0.4 is 11.1 Å². The van der Waals surface area contributed by atoms with E-state index in [-0.39, 0.29) is 5.54 Å². The molecular formula is C9H15BrN2S. The van der Waals surface area contributed by atoms with Crippen molar-refractivity contribution in [2.45, 2.75) is 25.9 Å². The normalized spacial score (nSPS) is 12.0. The topological polar surface area (TPSA) is 38.0 Å². The van der Waals surface area contributed by atoms with Crippen LogP contribution >= 0.6 is 27.3 Å². The maximum atomic E-state index is 5.61.